The van der Waals surface area contributed by atoms with Gasteiger partial charge in [-0.2, -0.15) is 0 Å². The molecule has 0 atom stereocenters. The largest absolute Gasteiger partial charge is 0.435 e. The highest BCUT2D eigenvalue weighted by molar-refractivity contribution is 6.01. The Labute approximate surface area is 214 Å². The van der Waals surface area contributed by atoms with Crippen LogP contribution in [0.1, 0.15) is 29.9 Å². The zero-order chi connectivity index (χ0) is 26.4. The van der Waals surface area contributed by atoms with Gasteiger partial charge in [-0.15, -0.1) is 0 Å². The number of piperazine rings is 1. The molecule has 0 bridgehead atoms. The number of aromatic amines is 1. The van der Waals surface area contributed by atoms with Crippen LogP contribution in [-0.4, -0.2) is 59.1 Å². The predicted octanol–water partition coefficient (Wildman–Crippen LogP) is 4.13. The number of amides is 1. The van der Waals surface area contributed by atoms with Gasteiger partial charge in [0.25, 0.3) is 5.91 Å². The van der Waals surface area contributed by atoms with Crippen LogP contribution in [0.3, 0.4) is 0 Å². The first-order valence-corrected chi connectivity index (χ1v) is 12.2. The van der Waals surface area contributed by atoms with E-state index in [0.717, 1.165) is 37.6 Å². The Morgan fingerprint density at radius 1 is 1.11 bits per heavy atom. The number of ether oxygens (including phenoxy) is 1. The van der Waals surface area contributed by atoms with Gasteiger partial charge in [0.05, 0.1) is 11.9 Å². The molecule has 0 aliphatic carbocycles. The number of aromatic nitrogens is 4. The molecule has 37 heavy (non-hydrogen) atoms. The van der Waals surface area contributed by atoms with Gasteiger partial charge >= 0.3 is 0 Å². The van der Waals surface area contributed by atoms with Crippen LogP contribution in [0.5, 0.6) is 11.6 Å². The highest BCUT2D eigenvalue weighted by Crippen LogP contribution is 2.33. The molecule has 0 spiro atoms. The van der Waals surface area contributed by atoms with Gasteiger partial charge < -0.3 is 30.6 Å². The van der Waals surface area contributed by atoms with Crippen LogP contribution in [0, 0.1) is 12.7 Å². The van der Waals surface area contributed by atoms with Crippen LogP contribution < -0.4 is 25.6 Å². The number of hydrogen-bond acceptors (Lipinski definition) is 8. The van der Waals surface area contributed by atoms with Crippen molar-refractivity contribution in [1.29, 1.82) is 0 Å². The molecule has 0 unspecified atom stereocenters. The van der Waals surface area contributed by atoms with E-state index in [2.05, 4.69) is 40.8 Å². The number of pyridine rings is 1. The normalized spacial score (nSPS) is 13.1. The second kappa shape index (κ2) is 11.7. The van der Waals surface area contributed by atoms with E-state index in [9.17, 15) is 4.79 Å². The van der Waals surface area contributed by atoms with Crippen molar-refractivity contribution in [1.82, 2.24) is 30.6 Å². The summed E-state index contributed by atoms with van der Waals surface area (Å²) in [4.78, 5) is 30.9. The average molecular weight is 507 g/mol. The van der Waals surface area contributed by atoms with Crippen molar-refractivity contribution in [3.63, 3.8) is 0 Å². The van der Waals surface area contributed by atoms with Gasteiger partial charge in [-0.05, 0) is 37.3 Å². The molecule has 4 heterocycles. The Bertz CT molecular complexity index is 1370. The fourth-order valence-electron chi connectivity index (χ4n) is 4.03. The number of aryl methyl sites for hydroxylation is 1. The molecule has 1 aromatic carbocycles. The maximum absolute atomic E-state index is 15.1. The summed E-state index contributed by atoms with van der Waals surface area (Å²) in [6, 6.07) is 8.68. The van der Waals surface area contributed by atoms with E-state index >= 15 is 4.39 Å². The monoisotopic (exact) mass is 506 g/mol. The van der Waals surface area contributed by atoms with Gasteiger partial charge in [0, 0.05) is 49.8 Å². The van der Waals surface area contributed by atoms with E-state index in [1.54, 1.807) is 18.3 Å². The first-order chi connectivity index (χ1) is 18.0. The van der Waals surface area contributed by atoms with Crippen molar-refractivity contribution >= 4 is 34.1 Å². The number of nitrogens with one attached hydrogen (secondary N) is 4. The van der Waals surface area contributed by atoms with Gasteiger partial charge in [0.15, 0.2) is 17.4 Å². The minimum atomic E-state index is -0.548. The topological polar surface area (TPSA) is 120 Å². The van der Waals surface area contributed by atoms with E-state index in [0.29, 0.717) is 16.7 Å². The van der Waals surface area contributed by atoms with E-state index in [1.165, 1.54) is 19.4 Å². The molecule has 4 N–H and O–H groups in total. The standard InChI is InChI=1S/C24H25FN8O2.C2H6/c1-14-11-16-17(31-14)4-5-18(21(16)25)35-24-20(23(34)26-2)22(29-13-30-24)32-19-6-3-15(12-28-19)33-9-7-27-8-10-33;1-2/h3-6,11-13,27,31H,7-10H2,1-2H3,(H,26,34)(H,28,29,30,32);1-2H3. The van der Waals surface area contributed by atoms with Gasteiger partial charge in [0.1, 0.15) is 17.7 Å². The van der Waals surface area contributed by atoms with Crippen LogP contribution >= 0.6 is 0 Å². The number of benzene rings is 1. The van der Waals surface area contributed by atoms with Gasteiger partial charge in [-0.25, -0.2) is 19.3 Å². The number of halogens is 1. The molecular weight excluding hydrogens is 475 g/mol. The van der Waals surface area contributed by atoms with Crippen molar-refractivity contribution in [2.75, 3.05) is 43.4 Å². The Hall–Kier alpha value is -4.25. The summed E-state index contributed by atoms with van der Waals surface area (Å²) in [5.74, 6) is -0.480. The maximum atomic E-state index is 15.1. The molecule has 11 heteroatoms. The van der Waals surface area contributed by atoms with E-state index in [1.807, 2.05) is 32.9 Å². The van der Waals surface area contributed by atoms with Crippen LogP contribution in [0.2, 0.25) is 0 Å². The third-order valence-corrected chi connectivity index (χ3v) is 5.79. The highest BCUT2D eigenvalue weighted by atomic mass is 19.1. The lowest BCUT2D eigenvalue weighted by molar-refractivity contribution is 0.0960. The average Bonchev–Trinajstić information content (AvgIpc) is 3.33. The Kier molecular flexibility index (Phi) is 8.14. The number of H-pyrrole nitrogens is 1. The van der Waals surface area contributed by atoms with Crippen LogP contribution in [0.25, 0.3) is 10.9 Å². The first kappa shape index (κ1) is 25.8. The molecule has 3 aromatic heterocycles. The number of nitrogens with zero attached hydrogens (tertiary/aromatic N) is 4. The summed E-state index contributed by atoms with van der Waals surface area (Å²) in [6.07, 6.45) is 3.02. The minimum Gasteiger partial charge on any atom is -0.435 e. The Morgan fingerprint density at radius 2 is 1.89 bits per heavy atom. The third kappa shape index (κ3) is 5.61. The van der Waals surface area contributed by atoms with Crippen LogP contribution in [0.15, 0.2) is 42.9 Å². The Morgan fingerprint density at radius 3 is 2.59 bits per heavy atom. The molecule has 4 aromatic rings. The summed E-state index contributed by atoms with van der Waals surface area (Å²) < 4.78 is 20.9. The maximum Gasteiger partial charge on any atom is 0.260 e. The summed E-state index contributed by atoms with van der Waals surface area (Å²) in [6.45, 7) is 9.52. The first-order valence-electron chi connectivity index (χ1n) is 12.2. The molecule has 10 nitrogen and oxygen atoms in total. The number of carbonyl (C=O) groups excluding carboxylic acids is 1. The Balaban J connectivity index is 0.00000156. The van der Waals surface area contributed by atoms with E-state index < -0.39 is 11.7 Å². The van der Waals surface area contributed by atoms with Gasteiger partial charge in [-0.3, -0.25) is 4.79 Å². The predicted molar refractivity (Wildman–Crippen MR) is 142 cm³/mol. The van der Waals surface area contributed by atoms with Crippen molar-refractivity contribution < 1.29 is 13.9 Å². The fraction of sp³-hybridized carbons (Fsp3) is 0.308. The highest BCUT2D eigenvalue weighted by Gasteiger charge is 2.22. The molecule has 5 rings (SSSR count). The van der Waals surface area contributed by atoms with Crippen LogP contribution in [-0.2, 0) is 0 Å². The summed E-state index contributed by atoms with van der Waals surface area (Å²) in [7, 11) is 1.48. The second-order valence-corrected chi connectivity index (χ2v) is 8.14. The molecule has 1 aliphatic heterocycles. The van der Waals surface area contributed by atoms with Crippen molar-refractivity contribution in [2.45, 2.75) is 20.8 Å². The van der Waals surface area contributed by atoms with Crippen molar-refractivity contribution in [3.8, 4) is 11.6 Å². The molecule has 1 aliphatic rings. The zero-order valence-corrected chi connectivity index (χ0v) is 21.4. The van der Waals surface area contributed by atoms with Gasteiger partial charge in [-0.1, -0.05) is 13.8 Å². The third-order valence-electron chi connectivity index (χ3n) is 5.79. The number of rotatable bonds is 6. The zero-order valence-electron chi connectivity index (χ0n) is 21.4. The molecule has 194 valence electrons. The second-order valence-electron chi connectivity index (χ2n) is 8.14. The molecule has 0 saturated carbocycles. The summed E-state index contributed by atoms with van der Waals surface area (Å²) >= 11 is 0. The molecule has 1 amide bonds. The SMILES string of the molecule is CC.CNC(=O)c1c(Nc2ccc(N3CCNCC3)cn2)ncnc1Oc1ccc2[nH]c(C)cc2c1F. The number of carbonyl (C=O) groups is 1. The lowest BCUT2D eigenvalue weighted by atomic mass is 10.2. The number of anilines is 3. The fourth-order valence-corrected chi connectivity index (χ4v) is 4.03. The van der Waals surface area contributed by atoms with Gasteiger partial charge in [0.2, 0.25) is 5.88 Å². The molecule has 1 fully saturated rings. The van der Waals surface area contributed by atoms with Crippen molar-refractivity contribution in [2.24, 2.45) is 0 Å². The van der Waals surface area contributed by atoms with E-state index in [-0.39, 0.29) is 23.0 Å². The lowest BCUT2D eigenvalue weighted by Crippen LogP contribution is -2.43. The lowest BCUT2D eigenvalue weighted by Gasteiger charge is -2.29. The smallest absolute Gasteiger partial charge is 0.260 e. The van der Waals surface area contributed by atoms with Crippen molar-refractivity contribution in [3.05, 3.63) is 59.9 Å². The summed E-state index contributed by atoms with van der Waals surface area (Å²) in [5, 5.41) is 9.34. The minimum absolute atomic E-state index is 0.0349. The molecule has 0 radical (unpaired) electrons. The van der Waals surface area contributed by atoms with Crippen LogP contribution in [0.4, 0.5) is 21.7 Å². The summed E-state index contributed by atoms with van der Waals surface area (Å²) in [5.41, 5.74) is 2.53. The van der Waals surface area contributed by atoms with E-state index in [4.69, 9.17) is 4.74 Å². The molecular formula is C26H31FN8O2. The number of fused-ring (bicyclic) bond motifs is 1. The quantitative estimate of drug-likeness (QED) is 0.308. The molecule has 1 saturated heterocycles. The number of hydrogen-bond donors (Lipinski definition) is 4.